The molecular formula is C18H19NO3. The molecule has 1 aliphatic rings. The molecule has 0 saturated carbocycles. The number of ether oxygens (including phenoxy) is 1. The van der Waals surface area contributed by atoms with E-state index in [1.165, 1.54) is 0 Å². The van der Waals surface area contributed by atoms with E-state index in [-0.39, 0.29) is 12.5 Å². The number of fused-ring (bicyclic) bond motifs is 1. The van der Waals surface area contributed by atoms with Gasteiger partial charge in [-0.2, -0.15) is 0 Å². The molecular weight excluding hydrogens is 278 g/mol. The Morgan fingerprint density at radius 2 is 2.05 bits per heavy atom. The molecule has 1 N–H and O–H groups in total. The highest BCUT2D eigenvalue weighted by molar-refractivity contribution is 5.95. The lowest BCUT2D eigenvalue weighted by Gasteiger charge is -2.32. The zero-order valence-electron chi connectivity index (χ0n) is 12.5. The van der Waals surface area contributed by atoms with E-state index in [0.717, 1.165) is 16.8 Å². The number of aliphatic hydroxyl groups is 1. The summed E-state index contributed by atoms with van der Waals surface area (Å²) >= 11 is 0. The lowest BCUT2D eigenvalue weighted by atomic mass is 9.97. The first kappa shape index (κ1) is 14.6. The van der Waals surface area contributed by atoms with Gasteiger partial charge in [0.2, 0.25) is 0 Å². The third-order valence-corrected chi connectivity index (χ3v) is 3.87. The monoisotopic (exact) mass is 297 g/mol. The number of rotatable bonds is 3. The van der Waals surface area contributed by atoms with Gasteiger partial charge in [0.15, 0.2) is 6.61 Å². The van der Waals surface area contributed by atoms with Crippen molar-refractivity contribution < 1.29 is 14.6 Å². The maximum absolute atomic E-state index is 12.4. The fourth-order valence-corrected chi connectivity index (χ4v) is 2.71. The second kappa shape index (κ2) is 6.20. The number of anilines is 1. The quantitative estimate of drug-likeness (QED) is 0.947. The number of benzene rings is 2. The molecule has 1 amide bonds. The van der Waals surface area contributed by atoms with Crippen LogP contribution in [-0.2, 0) is 4.79 Å². The van der Waals surface area contributed by atoms with Crippen LogP contribution in [0.4, 0.5) is 5.69 Å². The molecule has 2 aromatic carbocycles. The van der Waals surface area contributed by atoms with E-state index in [1.54, 1.807) is 4.90 Å². The lowest BCUT2D eigenvalue weighted by molar-refractivity contribution is -0.120. The third-order valence-electron chi connectivity index (χ3n) is 3.87. The molecule has 0 fully saturated rings. The Morgan fingerprint density at radius 1 is 1.27 bits per heavy atom. The predicted molar refractivity (Wildman–Crippen MR) is 85.0 cm³/mol. The molecule has 0 saturated heterocycles. The van der Waals surface area contributed by atoms with Crippen LogP contribution in [0.2, 0.25) is 0 Å². The normalized spacial score (nSPS) is 17.0. The molecule has 0 bridgehead atoms. The van der Waals surface area contributed by atoms with Crippen molar-refractivity contribution in [3.05, 3.63) is 59.7 Å². The highest BCUT2D eigenvalue weighted by Crippen LogP contribution is 2.34. The Bertz CT molecular complexity index is 669. The van der Waals surface area contributed by atoms with Gasteiger partial charge in [-0.05, 0) is 31.5 Å². The largest absolute Gasteiger partial charge is 0.484 e. The number of amides is 1. The first-order valence-corrected chi connectivity index (χ1v) is 7.42. The molecule has 1 unspecified atom stereocenters. The van der Waals surface area contributed by atoms with Gasteiger partial charge in [0.1, 0.15) is 5.75 Å². The summed E-state index contributed by atoms with van der Waals surface area (Å²) < 4.78 is 5.53. The molecule has 1 heterocycles. The maximum Gasteiger partial charge on any atom is 0.264 e. The van der Waals surface area contributed by atoms with Crippen LogP contribution in [-0.4, -0.2) is 24.2 Å². The third kappa shape index (κ3) is 2.97. The topological polar surface area (TPSA) is 49.8 Å². The summed E-state index contributed by atoms with van der Waals surface area (Å²) in [5.41, 5.74) is 2.68. The van der Waals surface area contributed by atoms with Crippen molar-refractivity contribution in [1.29, 1.82) is 0 Å². The van der Waals surface area contributed by atoms with Crippen LogP contribution in [0.5, 0.6) is 5.75 Å². The Hall–Kier alpha value is -2.33. The van der Waals surface area contributed by atoms with Crippen molar-refractivity contribution in [3.63, 3.8) is 0 Å². The van der Waals surface area contributed by atoms with Crippen LogP contribution in [0.15, 0.2) is 48.5 Å². The number of carbonyl (C=O) groups excluding carboxylic acids is 1. The number of nitrogens with zero attached hydrogens (tertiary/aromatic N) is 1. The fourth-order valence-electron chi connectivity index (χ4n) is 2.71. The number of carbonyl (C=O) groups is 1. The minimum atomic E-state index is -0.506. The molecule has 0 aromatic heterocycles. The maximum atomic E-state index is 12.4. The highest BCUT2D eigenvalue weighted by Gasteiger charge is 2.27. The van der Waals surface area contributed by atoms with Gasteiger partial charge >= 0.3 is 0 Å². The molecule has 4 nitrogen and oxygen atoms in total. The summed E-state index contributed by atoms with van der Waals surface area (Å²) in [5.74, 6) is 0.581. The van der Waals surface area contributed by atoms with Crippen LogP contribution >= 0.6 is 0 Å². The van der Waals surface area contributed by atoms with Crippen LogP contribution in [0.1, 0.15) is 23.7 Å². The van der Waals surface area contributed by atoms with Gasteiger partial charge in [-0.1, -0.05) is 35.9 Å². The molecule has 114 valence electrons. The molecule has 3 rings (SSSR count). The number of para-hydroxylation sites is 1. The van der Waals surface area contributed by atoms with E-state index in [9.17, 15) is 9.90 Å². The van der Waals surface area contributed by atoms with Crippen molar-refractivity contribution in [2.24, 2.45) is 0 Å². The summed E-state index contributed by atoms with van der Waals surface area (Å²) in [5, 5.41) is 10.1. The van der Waals surface area contributed by atoms with Gasteiger partial charge in [0.05, 0.1) is 6.10 Å². The number of hydrogen-bond acceptors (Lipinski definition) is 3. The zero-order valence-corrected chi connectivity index (χ0v) is 12.5. The molecule has 1 atom stereocenters. The molecule has 2 aromatic rings. The Labute approximate surface area is 130 Å². The van der Waals surface area contributed by atoms with Gasteiger partial charge in [0, 0.05) is 17.8 Å². The van der Waals surface area contributed by atoms with E-state index < -0.39 is 6.10 Å². The van der Waals surface area contributed by atoms with Gasteiger partial charge in [-0.15, -0.1) is 0 Å². The second-order valence-corrected chi connectivity index (χ2v) is 5.51. The van der Waals surface area contributed by atoms with Crippen LogP contribution in [0, 0.1) is 6.92 Å². The number of hydrogen-bond donors (Lipinski definition) is 1. The van der Waals surface area contributed by atoms with Gasteiger partial charge in [-0.3, -0.25) is 4.79 Å². The lowest BCUT2D eigenvalue weighted by Crippen LogP contribution is -2.39. The first-order chi connectivity index (χ1) is 10.6. The SMILES string of the molecule is Cc1ccc2c(c1)C(O)CCN2C(=O)COc1ccccc1. The minimum absolute atomic E-state index is 0.00652. The van der Waals surface area contributed by atoms with Crippen molar-refractivity contribution in [1.82, 2.24) is 0 Å². The molecule has 0 spiro atoms. The second-order valence-electron chi connectivity index (χ2n) is 5.51. The number of aryl methyl sites for hydroxylation is 1. The average Bonchev–Trinajstić information content (AvgIpc) is 2.54. The first-order valence-electron chi connectivity index (χ1n) is 7.42. The molecule has 1 aliphatic heterocycles. The van der Waals surface area contributed by atoms with Gasteiger partial charge < -0.3 is 14.7 Å². The van der Waals surface area contributed by atoms with Crippen molar-refractivity contribution in [2.45, 2.75) is 19.4 Å². The summed E-state index contributed by atoms with van der Waals surface area (Å²) in [6.07, 6.45) is 0.0436. The molecule has 22 heavy (non-hydrogen) atoms. The van der Waals surface area contributed by atoms with Crippen LogP contribution in [0.3, 0.4) is 0 Å². The van der Waals surface area contributed by atoms with Crippen LogP contribution in [0.25, 0.3) is 0 Å². The highest BCUT2D eigenvalue weighted by atomic mass is 16.5. The Kier molecular flexibility index (Phi) is 4.11. The van der Waals surface area contributed by atoms with Crippen molar-refractivity contribution >= 4 is 11.6 Å². The van der Waals surface area contributed by atoms with E-state index >= 15 is 0 Å². The minimum Gasteiger partial charge on any atom is -0.484 e. The van der Waals surface area contributed by atoms with E-state index in [2.05, 4.69) is 0 Å². The Balaban J connectivity index is 1.75. The van der Waals surface area contributed by atoms with Gasteiger partial charge in [-0.25, -0.2) is 0 Å². The molecule has 4 heteroatoms. The van der Waals surface area contributed by atoms with Crippen molar-refractivity contribution in [3.8, 4) is 5.75 Å². The smallest absolute Gasteiger partial charge is 0.264 e. The summed E-state index contributed by atoms with van der Waals surface area (Å²) in [4.78, 5) is 14.1. The van der Waals surface area contributed by atoms with E-state index in [1.807, 2.05) is 55.5 Å². The Morgan fingerprint density at radius 3 is 2.82 bits per heavy atom. The summed E-state index contributed by atoms with van der Waals surface area (Å²) in [6.45, 7) is 2.48. The van der Waals surface area contributed by atoms with E-state index in [0.29, 0.717) is 18.7 Å². The zero-order chi connectivity index (χ0) is 15.5. The molecule has 0 aliphatic carbocycles. The van der Waals surface area contributed by atoms with Crippen LogP contribution < -0.4 is 9.64 Å². The fraction of sp³-hybridized carbons (Fsp3) is 0.278. The number of aliphatic hydroxyl groups excluding tert-OH is 1. The van der Waals surface area contributed by atoms with E-state index in [4.69, 9.17) is 4.74 Å². The average molecular weight is 297 g/mol. The van der Waals surface area contributed by atoms with Crippen molar-refractivity contribution in [2.75, 3.05) is 18.1 Å². The summed E-state index contributed by atoms with van der Waals surface area (Å²) in [6, 6.07) is 15.1. The van der Waals surface area contributed by atoms with Gasteiger partial charge in [0.25, 0.3) is 5.91 Å². The predicted octanol–water partition coefficient (Wildman–Crippen LogP) is 2.84. The summed E-state index contributed by atoms with van der Waals surface area (Å²) in [7, 11) is 0. The standard InChI is InChI=1S/C18H19NO3/c1-13-7-8-16-15(11-13)17(20)9-10-19(16)18(21)12-22-14-5-3-2-4-6-14/h2-8,11,17,20H,9-10,12H2,1H3. The molecule has 0 radical (unpaired) electrons.